The lowest BCUT2D eigenvalue weighted by atomic mass is 10.1. The van der Waals surface area contributed by atoms with Gasteiger partial charge in [-0.25, -0.2) is 4.98 Å². The van der Waals surface area contributed by atoms with E-state index in [1.165, 1.54) is 23.3 Å². The lowest BCUT2D eigenvalue weighted by Crippen LogP contribution is -2.02. The Morgan fingerprint density at radius 2 is 1.96 bits per heavy atom. The van der Waals surface area contributed by atoms with Crippen LogP contribution in [-0.4, -0.2) is 28.0 Å². The highest BCUT2D eigenvalue weighted by Crippen LogP contribution is 2.29. The molecule has 0 unspecified atom stereocenters. The molecule has 0 amide bonds. The Kier molecular flexibility index (Phi) is 5.50. The number of hydrogen-bond donors (Lipinski definition) is 0. The Morgan fingerprint density at radius 3 is 2.67 bits per heavy atom. The average Bonchev–Trinajstić information content (AvgIpc) is 3.09. The van der Waals surface area contributed by atoms with Crippen LogP contribution in [-0.2, 0) is 0 Å². The molecule has 24 heavy (non-hydrogen) atoms. The molecule has 0 N–H and O–H groups in total. The predicted octanol–water partition coefficient (Wildman–Crippen LogP) is 4.84. The van der Waals surface area contributed by atoms with Crippen LogP contribution < -0.4 is 4.74 Å². The predicted molar refractivity (Wildman–Crippen MR) is 98.4 cm³/mol. The largest absolute Gasteiger partial charge is 0.497 e. The third kappa shape index (κ3) is 3.95. The van der Waals surface area contributed by atoms with E-state index in [1.54, 1.807) is 37.4 Å². The molecule has 0 bridgehead atoms. The van der Waals surface area contributed by atoms with Gasteiger partial charge >= 0.3 is 0 Å². The van der Waals surface area contributed by atoms with Gasteiger partial charge in [0.1, 0.15) is 5.75 Å². The molecular formula is C17H13ClN2O2S2. The van der Waals surface area contributed by atoms with Crippen LogP contribution >= 0.6 is 34.9 Å². The van der Waals surface area contributed by atoms with Crippen LogP contribution in [0.2, 0.25) is 5.02 Å². The van der Waals surface area contributed by atoms with E-state index in [4.69, 9.17) is 16.3 Å². The molecule has 0 saturated heterocycles. The smallest absolute Gasteiger partial charge is 0.175 e. The number of Topliss-reactive ketones (excluding diaryl/α,β-unsaturated/α-hetero) is 1. The highest BCUT2D eigenvalue weighted by Gasteiger charge is 2.12. The molecule has 0 atom stereocenters. The van der Waals surface area contributed by atoms with Crippen LogP contribution in [0.3, 0.4) is 0 Å². The first-order valence-electron chi connectivity index (χ1n) is 7.06. The van der Waals surface area contributed by atoms with Crippen molar-refractivity contribution in [2.45, 2.75) is 4.34 Å². The van der Waals surface area contributed by atoms with Crippen molar-refractivity contribution in [1.82, 2.24) is 9.36 Å². The second kappa shape index (κ2) is 7.79. The number of ether oxygens (including phenoxy) is 1. The summed E-state index contributed by atoms with van der Waals surface area (Å²) in [5.41, 5.74) is 1.45. The Labute approximate surface area is 153 Å². The van der Waals surface area contributed by atoms with E-state index >= 15 is 0 Å². The van der Waals surface area contributed by atoms with Crippen molar-refractivity contribution in [3.05, 3.63) is 59.1 Å². The van der Waals surface area contributed by atoms with Gasteiger partial charge in [-0.05, 0) is 47.9 Å². The SMILES string of the molecule is COc1ccc(C(=O)CSc2nc(-c3ccccc3Cl)ns2)cc1. The summed E-state index contributed by atoms with van der Waals surface area (Å²) >= 11 is 8.80. The molecule has 7 heteroatoms. The van der Waals surface area contributed by atoms with Crippen molar-refractivity contribution >= 4 is 40.7 Å². The summed E-state index contributed by atoms with van der Waals surface area (Å²) in [6.07, 6.45) is 0. The molecule has 0 aliphatic heterocycles. The number of carbonyl (C=O) groups is 1. The summed E-state index contributed by atoms with van der Waals surface area (Å²) in [6.45, 7) is 0. The number of methoxy groups -OCH3 is 1. The molecule has 2 aromatic carbocycles. The molecule has 3 rings (SSSR count). The quantitative estimate of drug-likeness (QED) is 0.455. The second-order valence-electron chi connectivity index (χ2n) is 4.80. The summed E-state index contributed by atoms with van der Waals surface area (Å²) < 4.78 is 10.1. The Morgan fingerprint density at radius 1 is 1.21 bits per heavy atom. The zero-order chi connectivity index (χ0) is 16.9. The standard InChI is InChI=1S/C17H13ClN2O2S2/c1-22-12-8-6-11(7-9-12)15(21)10-23-17-19-16(20-24-17)13-4-2-3-5-14(13)18/h2-9H,10H2,1H3. The minimum absolute atomic E-state index is 0.0390. The van der Waals surface area contributed by atoms with Crippen LogP contribution in [0.4, 0.5) is 0 Å². The van der Waals surface area contributed by atoms with Gasteiger partial charge < -0.3 is 4.74 Å². The van der Waals surface area contributed by atoms with Crippen LogP contribution in [0, 0.1) is 0 Å². The van der Waals surface area contributed by atoms with Gasteiger partial charge in [0.2, 0.25) is 0 Å². The van der Waals surface area contributed by atoms with Crippen molar-refractivity contribution < 1.29 is 9.53 Å². The van der Waals surface area contributed by atoms with Crippen LogP contribution in [0.1, 0.15) is 10.4 Å². The lowest BCUT2D eigenvalue weighted by molar-refractivity contribution is 0.102. The molecule has 0 aliphatic carbocycles. The third-order valence-corrected chi connectivity index (χ3v) is 5.42. The number of thioether (sulfide) groups is 1. The molecule has 1 aromatic heterocycles. The molecular weight excluding hydrogens is 364 g/mol. The molecule has 122 valence electrons. The van der Waals surface area contributed by atoms with E-state index in [2.05, 4.69) is 9.36 Å². The molecule has 0 radical (unpaired) electrons. The molecule has 0 saturated carbocycles. The molecule has 0 spiro atoms. The Bertz CT molecular complexity index is 850. The van der Waals surface area contributed by atoms with Crippen LogP contribution in [0.25, 0.3) is 11.4 Å². The van der Waals surface area contributed by atoms with Crippen LogP contribution in [0.5, 0.6) is 5.75 Å². The van der Waals surface area contributed by atoms with Crippen molar-refractivity contribution in [1.29, 1.82) is 0 Å². The molecule has 3 aromatic rings. The van der Waals surface area contributed by atoms with E-state index in [0.717, 1.165) is 15.7 Å². The molecule has 1 heterocycles. The molecule has 4 nitrogen and oxygen atoms in total. The summed E-state index contributed by atoms with van der Waals surface area (Å²) in [7, 11) is 1.60. The van der Waals surface area contributed by atoms with E-state index < -0.39 is 0 Å². The highest BCUT2D eigenvalue weighted by molar-refractivity contribution is 8.01. The van der Waals surface area contributed by atoms with Gasteiger partial charge in [0.05, 0.1) is 17.9 Å². The zero-order valence-electron chi connectivity index (χ0n) is 12.7. The zero-order valence-corrected chi connectivity index (χ0v) is 15.1. The first-order valence-corrected chi connectivity index (χ1v) is 9.20. The summed E-state index contributed by atoms with van der Waals surface area (Å²) in [5.74, 6) is 1.67. The molecule has 0 aliphatic rings. The number of nitrogens with zero attached hydrogens (tertiary/aromatic N) is 2. The number of aromatic nitrogens is 2. The van der Waals surface area contributed by atoms with Crippen molar-refractivity contribution in [3.8, 4) is 17.1 Å². The number of carbonyl (C=O) groups excluding carboxylic acids is 1. The lowest BCUT2D eigenvalue weighted by Gasteiger charge is -2.02. The third-order valence-electron chi connectivity index (χ3n) is 3.26. The first kappa shape index (κ1) is 17.0. The Hall–Kier alpha value is -1.89. The van der Waals surface area contributed by atoms with Crippen molar-refractivity contribution in [2.24, 2.45) is 0 Å². The maximum atomic E-state index is 12.2. The maximum absolute atomic E-state index is 12.2. The first-order chi connectivity index (χ1) is 11.7. The number of rotatable bonds is 6. The van der Waals surface area contributed by atoms with Crippen molar-refractivity contribution in [2.75, 3.05) is 12.9 Å². The van der Waals surface area contributed by atoms with Crippen molar-refractivity contribution in [3.63, 3.8) is 0 Å². The van der Waals surface area contributed by atoms with E-state index in [1.807, 2.05) is 18.2 Å². The number of halogens is 1. The topological polar surface area (TPSA) is 52.1 Å². The fourth-order valence-corrected chi connectivity index (χ4v) is 3.73. The summed E-state index contributed by atoms with van der Waals surface area (Å²) in [5, 5.41) is 0.612. The minimum Gasteiger partial charge on any atom is -0.497 e. The normalized spacial score (nSPS) is 10.6. The van der Waals surface area contributed by atoms with Gasteiger partial charge in [-0.3, -0.25) is 4.79 Å². The van der Waals surface area contributed by atoms with Gasteiger partial charge in [-0.15, -0.1) is 0 Å². The monoisotopic (exact) mass is 376 g/mol. The average molecular weight is 377 g/mol. The fraction of sp³-hybridized carbons (Fsp3) is 0.118. The van der Waals surface area contributed by atoms with Gasteiger partial charge in [0.15, 0.2) is 15.9 Å². The van der Waals surface area contributed by atoms with Gasteiger partial charge in [-0.1, -0.05) is 35.5 Å². The summed E-state index contributed by atoms with van der Waals surface area (Å²) in [6, 6.07) is 14.5. The second-order valence-corrected chi connectivity index (χ2v) is 7.19. The van der Waals surface area contributed by atoms with E-state index in [9.17, 15) is 4.79 Å². The highest BCUT2D eigenvalue weighted by atomic mass is 35.5. The van der Waals surface area contributed by atoms with Gasteiger partial charge in [-0.2, -0.15) is 4.37 Å². The van der Waals surface area contributed by atoms with E-state index in [0.29, 0.717) is 22.2 Å². The van der Waals surface area contributed by atoms with Gasteiger partial charge in [0, 0.05) is 11.1 Å². The fourth-order valence-electron chi connectivity index (χ4n) is 2.01. The number of hydrogen-bond acceptors (Lipinski definition) is 6. The number of ketones is 1. The summed E-state index contributed by atoms with van der Waals surface area (Å²) in [4.78, 5) is 16.7. The minimum atomic E-state index is 0.0390. The molecule has 0 fully saturated rings. The maximum Gasteiger partial charge on any atom is 0.175 e. The van der Waals surface area contributed by atoms with Crippen LogP contribution in [0.15, 0.2) is 52.9 Å². The van der Waals surface area contributed by atoms with E-state index in [-0.39, 0.29) is 5.78 Å². The van der Waals surface area contributed by atoms with Gasteiger partial charge in [0.25, 0.3) is 0 Å². The number of benzene rings is 2. The Balaban J connectivity index is 1.65.